The van der Waals surface area contributed by atoms with Gasteiger partial charge in [0.2, 0.25) is 0 Å². The molecule has 0 aromatic carbocycles. The highest BCUT2D eigenvalue weighted by Gasteiger charge is 2.07. The van der Waals surface area contributed by atoms with Gasteiger partial charge in [0.05, 0.1) is 53.4 Å². The molecule has 0 aromatic rings. The molecule has 1 N–H and O–H groups in total. The van der Waals surface area contributed by atoms with Crippen LogP contribution in [0.5, 0.6) is 0 Å². The smallest absolute Gasteiger partial charge is 0.373 e. The number of methoxy groups -OCH3 is 1. The van der Waals surface area contributed by atoms with Crippen molar-refractivity contribution < 1.29 is 33.6 Å². The second-order valence-electron chi connectivity index (χ2n) is 3.32. The second kappa shape index (κ2) is 13.3. The Morgan fingerprint density at radius 1 is 0.947 bits per heavy atom. The molecule has 7 heteroatoms. The van der Waals surface area contributed by atoms with Gasteiger partial charge in [0.1, 0.15) is 6.61 Å². The van der Waals surface area contributed by atoms with Crippen molar-refractivity contribution in [3.05, 3.63) is 12.3 Å². The topological polar surface area (TPSA) is 83.5 Å². The van der Waals surface area contributed by atoms with Crippen molar-refractivity contribution in [2.45, 2.75) is 0 Å². The van der Waals surface area contributed by atoms with Crippen LogP contribution in [0.4, 0.5) is 0 Å². The molecular weight excluding hydrogens is 256 g/mol. The molecule has 0 unspecified atom stereocenters. The van der Waals surface area contributed by atoms with Crippen LogP contribution in [-0.4, -0.2) is 71.0 Å². The minimum Gasteiger partial charge on any atom is -0.490 e. The minimum atomic E-state index is -0.594. The number of aliphatic hydroxyl groups excluding tert-OH is 1. The fourth-order valence-electron chi connectivity index (χ4n) is 0.964. The van der Waals surface area contributed by atoms with Gasteiger partial charge < -0.3 is 28.8 Å². The Bertz CT molecular complexity index is 242. The molecule has 0 radical (unpaired) electrons. The van der Waals surface area contributed by atoms with Gasteiger partial charge in [-0.1, -0.05) is 0 Å². The molecule has 0 saturated heterocycles. The Balaban J connectivity index is 3.15. The van der Waals surface area contributed by atoms with Gasteiger partial charge in [0.15, 0.2) is 5.76 Å². The maximum absolute atomic E-state index is 11.1. The van der Waals surface area contributed by atoms with E-state index in [9.17, 15) is 4.79 Å². The van der Waals surface area contributed by atoms with Crippen LogP contribution in [0.25, 0.3) is 0 Å². The zero-order valence-electron chi connectivity index (χ0n) is 11.3. The summed E-state index contributed by atoms with van der Waals surface area (Å²) in [6.45, 7) is 5.84. The van der Waals surface area contributed by atoms with Crippen molar-refractivity contribution in [1.29, 1.82) is 0 Å². The SMILES string of the molecule is C=C(OC)C(=O)OCCOCCOCCOCCO. The van der Waals surface area contributed by atoms with Gasteiger partial charge in [0.25, 0.3) is 0 Å². The summed E-state index contributed by atoms with van der Waals surface area (Å²) in [4.78, 5) is 11.1. The Hall–Kier alpha value is -1.15. The van der Waals surface area contributed by atoms with Crippen molar-refractivity contribution in [3.8, 4) is 0 Å². The standard InChI is InChI=1S/C12H22O7/c1-11(15-2)12(14)19-10-9-18-8-7-17-6-5-16-4-3-13/h13H,1,3-10H2,2H3. The van der Waals surface area contributed by atoms with Crippen LogP contribution in [0.15, 0.2) is 12.3 Å². The molecule has 0 heterocycles. The van der Waals surface area contributed by atoms with Gasteiger partial charge in [-0.05, 0) is 6.58 Å². The molecule has 7 nitrogen and oxygen atoms in total. The summed E-state index contributed by atoms with van der Waals surface area (Å²) in [6, 6.07) is 0. The van der Waals surface area contributed by atoms with E-state index in [0.717, 1.165) is 0 Å². The van der Waals surface area contributed by atoms with Crippen LogP contribution in [0.3, 0.4) is 0 Å². The molecule has 0 spiro atoms. The van der Waals surface area contributed by atoms with E-state index in [1.165, 1.54) is 7.11 Å². The molecule has 0 aliphatic rings. The number of hydrogen-bond donors (Lipinski definition) is 1. The molecule has 0 aromatic heterocycles. The maximum atomic E-state index is 11.1. The van der Waals surface area contributed by atoms with Crippen LogP contribution in [0, 0.1) is 0 Å². The fourth-order valence-corrected chi connectivity index (χ4v) is 0.964. The molecule has 0 amide bonds. The van der Waals surface area contributed by atoms with E-state index in [4.69, 9.17) is 24.1 Å². The van der Waals surface area contributed by atoms with E-state index < -0.39 is 5.97 Å². The van der Waals surface area contributed by atoms with Crippen LogP contribution < -0.4 is 0 Å². The molecule has 0 fully saturated rings. The van der Waals surface area contributed by atoms with Gasteiger partial charge in [-0.3, -0.25) is 0 Å². The van der Waals surface area contributed by atoms with E-state index >= 15 is 0 Å². The summed E-state index contributed by atoms with van der Waals surface area (Å²) in [7, 11) is 1.35. The number of hydrogen-bond acceptors (Lipinski definition) is 7. The number of rotatable bonds is 13. The quantitative estimate of drug-likeness (QED) is 0.215. The summed E-state index contributed by atoms with van der Waals surface area (Å²) in [5, 5.41) is 8.44. The fraction of sp³-hybridized carbons (Fsp3) is 0.750. The third-order valence-corrected chi connectivity index (χ3v) is 1.91. The predicted octanol–water partition coefficient (Wildman–Crippen LogP) is -0.268. The van der Waals surface area contributed by atoms with Crippen LogP contribution in [0.2, 0.25) is 0 Å². The Morgan fingerprint density at radius 2 is 1.42 bits per heavy atom. The van der Waals surface area contributed by atoms with Crippen LogP contribution in [-0.2, 0) is 28.5 Å². The lowest BCUT2D eigenvalue weighted by atomic mass is 10.6. The second-order valence-corrected chi connectivity index (χ2v) is 3.32. The number of carbonyl (C=O) groups excluding carboxylic acids is 1. The highest BCUT2D eigenvalue weighted by atomic mass is 16.6. The molecular formula is C12H22O7. The van der Waals surface area contributed by atoms with Crippen molar-refractivity contribution in [3.63, 3.8) is 0 Å². The third-order valence-electron chi connectivity index (χ3n) is 1.91. The van der Waals surface area contributed by atoms with E-state index in [1.54, 1.807) is 0 Å². The Labute approximate surface area is 113 Å². The average molecular weight is 278 g/mol. The molecule has 0 rings (SSSR count). The van der Waals surface area contributed by atoms with E-state index in [0.29, 0.717) is 33.0 Å². The zero-order chi connectivity index (χ0) is 14.3. The Morgan fingerprint density at radius 3 is 1.89 bits per heavy atom. The first kappa shape index (κ1) is 17.8. The Kier molecular flexibility index (Phi) is 12.5. The molecule has 0 aliphatic heterocycles. The van der Waals surface area contributed by atoms with Crippen molar-refractivity contribution >= 4 is 5.97 Å². The molecule has 112 valence electrons. The normalized spacial score (nSPS) is 10.2. The van der Waals surface area contributed by atoms with Gasteiger partial charge in [0, 0.05) is 0 Å². The summed E-state index contributed by atoms with van der Waals surface area (Å²) in [5.41, 5.74) is 0. The number of esters is 1. The van der Waals surface area contributed by atoms with Crippen LogP contribution in [0.1, 0.15) is 0 Å². The average Bonchev–Trinajstić information content (AvgIpc) is 2.43. The maximum Gasteiger partial charge on any atom is 0.373 e. The summed E-state index contributed by atoms with van der Waals surface area (Å²) < 4.78 is 24.8. The molecule has 0 atom stereocenters. The van der Waals surface area contributed by atoms with E-state index in [1.807, 2.05) is 0 Å². The number of ether oxygens (including phenoxy) is 5. The lowest BCUT2D eigenvalue weighted by molar-refractivity contribution is -0.144. The van der Waals surface area contributed by atoms with Gasteiger partial charge in [-0.15, -0.1) is 0 Å². The zero-order valence-corrected chi connectivity index (χ0v) is 11.3. The monoisotopic (exact) mass is 278 g/mol. The van der Waals surface area contributed by atoms with Crippen molar-refractivity contribution in [2.24, 2.45) is 0 Å². The highest BCUT2D eigenvalue weighted by molar-refractivity contribution is 5.85. The first-order chi connectivity index (χ1) is 9.22. The van der Waals surface area contributed by atoms with E-state index in [-0.39, 0.29) is 25.6 Å². The lowest BCUT2D eigenvalue weighted by Crippen LogP contribution is -2.15. The molecule has 0 aliphatic carbocycles. The van der Waals surface area contributed by atoms with Gasteiger partial charge in [-0.2, -0.15) is 0 Å². The molecule has 0 bridgehead atoms. The third kappa shape index (κ3) is 11.7. The molecule has 19 heavy (non-hydrogen) atoms. The predicted molar refractivity (Wildman–Crippen MR) is 66.7 cm³/mol. The van der Waals surface area contributed by atoms with Crippen molar-refractivity contribution in [2.75, 3.05) is 60.0 Å². The molecule has 0 saturated carbocycles. The number of aliphatic hydroxyl groups is 1. The van der Waals surface area contributed by atoms with Gasteiger partial charge >= 0.3 is 5.97 Å². The minimum absolute atomic E-state index is 0.0112. The lowest BCUT2D eigenvalue weighted by Gasteiger charge is -2.07. The van der Waals surface area contributed by atoms with Crippen LogP contribution >= 0.6 is 0 Å². The summed E-state index contributed by atoms with van der Waals surface area (Å²) >= 11 is 0. The summed E-state index contributed by atoms with van der Waals surface area (Å²) in [5.74, 6) is -0.630. The van der Waals surface area contributed by atoms with Crippen molar-refractivity contribution in [1.82, 2.24) is 0 Å². The largest absolute Gasteiger partial charge is 0.490 e. The first-order valence-corrected chi connectivity index (χ1v) is 5.96. The van der Waals surface area contributed by atoms with Gasteiger partial charge in [-0.25, -0.2) is 4.79 Å². The first-order valence-electron chi connectivity index (χ1n) is 5.96. The van der Waals surface area contributed by atoms with E-state index in [2.05, 4.69) is 11.3 Å². The summed E-state index contributed by atoms with van der Waals surface area (Å²) in [6.07, 6.45) is 0. The highest BCUT2D eigenvalue weighted by Crippen LogP contribution is 1.94. The number of carbonyl (C=O) groups is 1.